The molecule has 1 heterocycles. The van der Waals surface area contributed by atoms with Crippen LogP contribution in [-0.2, 0) is 4.79 Å². The van der Waals surface area contributed by atoms with Gasteiger partial charge in [-0.2, -0.15) is 0 Å². The fraction of sp³-hybridized carbons (Fsp3) is 0.929. The van der Waals surface area contributed by atoms with Crippen LogP contribution in [0.25, 0.3) is 0 Å². The molecule has 0 radical (unpaired) electrons. The molecule has 18 heavy (non-hydrogen) atoms. The van der Waals surface area contributed by atoms with E-state index >= 15 is 0 Å². The van der Waals surface area contributed by atoms with Gasteiger partial charge in [-0.3, -0.25) is 4.79 Å². The van der Waals surface area contributed by atoms with Gasteiger partial charge in [0.15, 0.2) is 0 Å². The first kappa shape index (κ1) is 15.4. The van der Waals surface area contributed by atoms with Gasteiger partial charge in [0.1, 0.15) is 0 Å². The monoisotopic (exact) mass is 255 g/mol. The van der Waals surface area contributed by atoms with Gasteiger partial charge in [-0.25, -0.2) is 0 Å². The first-order chi connectivity index (χ1) is 8.58. The van der Waals surface area contributed by atoms with Crippen molar-refractivity contribution >= 4 is 5.91 Å². The summed E-state index contributed by atoms with van der Waals surface area (Å²) in [7, 11) is 1.95. The Labute approximate surface area is 111 Å². The largest absolute Gasteiger partial charge is 0.343 e. The van der Waals surface area contributed by atoms with Gasteiger partial charge in [-0.15, -0.1) is 0 Å². The third-order valence-electron chi connectivity index (χ3n) is 3.96. The second-order valence-electron chi connectivity index (χ2n) is 5.62. The number of hydrogen-bond acceptors (Lipinski definition) is 3. The molecule has 1 saturated heterocycles. The summed E-state index contributed by atoms with van der Waals surface area (Å²) in [6, 6.07) is 0.426. The maximum atomic E-state index is 12.1. The number of nitrogens with two attached hydrogens (primary N) is 1. The van der Waals surface area contributed by atoms with Crippen LogP contribution in [-0.4, -0.2) is 55.0 Å². The third kappa shape index (κ3) is 4.58. The van der Waals surface area contributed by atoms with Gasteiger partial charge >= 0.3 is 0 Å². The molecule has 0 spiro atoms. The van der Waals surface area contributed by atoms with E-state index in [1.54, 1.807) is 0 Å². The molecule has 0 saturated carbocycles. The Balaban J connectivity index is 2.35. The van der Waals surface area contributed by atoms with Gasteiger partial charge in [-0.1, -0.05) is 13.8 Å². The number of likely N-dealkylation sites (tertiary alicyclic amines) is 1. The molecule has 0 aromatic carbocycles. The number of carbonyl (C=O) groups is 1. The van der Waals surface area contributed by atoms with E-state index in [-0.39, 0.29) is 5.91 Å². The average Bonchev–Trinajstić information content (AvgIpc) is 2.39. The molecule has 1 unspecified atom stereocenters. The minimum absolute atomic E-state index is 0.252. The summed E-state index contributed by atoms with van der Waals surface area (Å²) in [6.07, 6.45) is 4.02. The highest BCUT2D eigenvalue weighted by Crippen LogP contribution is 2.17. The smallest absolute Gasteiger partial charge is 0.222 e. The van der Waals surface area contributed by atoms with Crippen molar-refractivity contribution in [3.05, 3.63) is 0 Å². The highest BCUT2D eigenvalue weighted by molar-refractivity contribution is 5.76. The molecular formula is C14H29N3O. The van der Waals surface area contributed by atoms with Crippen LogP contribution < -0.4 is 5.73 Å². The number of amides is 1. The fourth-order valence-electron chi connectivity index (χ4n) is 2.58. The molecule has 1 aliphatic rings. The third-order valence-corrected chi connectivity index (χ3v) is 3.96. The van der Waals surface area contributed by atoms with Crippen molar-refractivity contribution in [2.75, 3.05) is 33.2 Å². The molecule has 0 aromatic rings. The summed E-state index contributed by atoms with van der Waals surface area (Å²) in [5, 5.41) is 0. The highest BCUT2D eigenvalue weighted by atomic mass is 16.2. The summed E-state index contributed by atoms with van der Waals surface area (Å²) in [5.41, 5.74) is 5.57. The van der Waals surface area contributed by atoms with Crippen molar-refractivity contribution in [2.24, 2.45) is 11.7 Å². The van der Waals surface area contributed by atoms with Crippen LogP contribution in [0.5, 0.6) is 0 Å². The number of rotatable bonds is 6. The van der Waals surface area contributed by atoms with Crippen LogP contribution in [0.1, 0.15) is 39.5 Å². The number of carbonyl (C=O) groups excluding carboxylic acids is 1. The van der Waals surface area contributed by atoms with E-state index in [9.17, 15) is 4.79 Å². The lowest BCUT2D eigenvalue weighted by atomic mass is 10.0. The molecule has 0 aliphatic carbocycles. The van der Waals surface area contributed by atoms with Gasteiger partial charge in [0.05, 0.1) is 0 Å². The molecule has 4 nitrogen and oxygen atoms in total. The molecule has 4 heteroatoms. The van der Waals surface area contributed by atoms with E-state index in [4.69, 9.17) is 5.73 Å². The van der Waals surface area contributed by atoms with Crippen molar-refractivity contribution in [3.63, 3.8) is 0 Å². The predicted molar refractivity (Wildman–Crippen MR) is 75.4 cm³/mol. The lowest BCUT2D eigenvalue weighted by Crippen LogP contribution is -2.46. The van der Waals surface area contributed by atoms with Gasteiger partial charge in [-0.05, 0) is 38.3 Å². The minimum Gasteiger partial charge on any atom is -0.343 e. The van der Waals surface area contributed by atoms with Crippen LogP contribution in [0.3, 0.4) is 0 Å². The van der Waals surface area contributed by atoms with E-state index in [0.717, 1.165) is 25.9 Å². The first-order valence-corrected chi connectivity index (χ1v) is 7.26. The Morgan fingerprint density at radius 1 is 1.44 bits per heavy atom. The molecule has 0 bridgehead atoms. The topological polar surface area (TPSA) is 49.6 Å². The maximum absolute atomic E-state index is 12.1. The summed E-state index contributed by atoms with van der Waals surface area (Å²) in [5.74, 6) is 0.544. The van der Waals surface area contributed by atoms with Crippen LogP contribution in [0.15, 0.2) is 0 Å². The Bertz CT molecular complexity index is 249. The number of hydrogen-bond donors (Lipinski definition) is 1. The SMILES string of the molecule is CCCN1CCC(N(C)C(=O)CC(C)CN)CC1. The van der Waals surface area contributed by atoms with Crippen molar-refractivity contribution in [3.8, 4) is 0 Å². The van der Waals surface area contributed by atoms with E-state index in [1.807, 2.05) is 18.9 Å². The van der Waals surface area contributed by atoms with Gasteiger partial charge in [0.2, 0.25) is 5.91 Å². The van der Waals surface area contributed by atoms with Crippen LogP contribution >= 0.6 is 0 Å². The summed E-state index contributed by atoms with van der Waals surface area (Å²) >= 11 is 0. The molecule has 2 N–H and O–H groups in total. The van der Waals surface area contributed by atoms with Gasteiger partial charge in [0, 0.05) is 32.6 Å². The molecule has 0 aromatic heterocycles. The zero-order valence-electron chi connectivity index (χ0n) is 12.2. The molecule has 106 valence electrons. The van der Waals surface area contributed by atoms with Gasteiger partial charge < -0.3 is 15.5 Å². The number of nitrogens with zero attached hydrogens (tertiary/aromatic N) is 2. The maximum Gasteiger partial charge on any atom is 0.222 e. The molecule has 1 aliphatic heterocycles. The van der Waals surface area contributed by atoms with E-state index < -0.39 is 0 Å². The minimum atomic E-state index is 0.252. The Hall–Kier alpha value is -0.610. The lowest BCUT2D eigenvalue weighted by Gasteiger charge is -2.37. The normalized spacial score (nSPS) is 19.8. The van der Waals surface area contributed by atoms with Crippen molar-refractivity contribution < 1.29 is 4.79 Å². The Morgan fingerprint density at radius 2 is 2.06 bits per heavy atom. The molecule has 1 atom stereocenters. The standard InChI is InChI=1S/C14H29N3O/c1-4-7-17-8-5-13(6-9-17)16(3)14(18)10-12(2)11-15/h12-13H,4-11,15H2,1-3H3. The zero-order chi connectivity index (χ0) is 13.5. The zero-order valence-corrected chi connectivity index (χ0v) is 12.2. The quantitative estimate of drug-likeness (QED) is 0.778. The summed E-state index contributed by atoms with van der Waals surface area (Å²) < 4.78 is 0. The first-order valence-electron chi connectivity index (χ1n) is 7.26. The second kappa shape index (κ2) is 7.74. The van der Waals surface area contributed by atoms with Crippen molar-refractivity contribution in [1.29, 1.82) is 0 Å². The predicted octanol–water partition coefficient (Wildman–Crippen LogP) is 1.30. The van der Waals surface area contributed by atoms with Crippen molar-refractivity contribution in [1.82, 2.24) is 9.80 Å². The van der Waals surface area contributed by atoms with E-state index in [0.29, 0.717) is 24.9 Å². The fourth-order valence-corrected chi connectivity index (χ4v) is 2.58. The molecule has 1 fully saturated rings. The average molecular weight is 255 g/mol. The molecular weight excluding hydrogens is 226 g/mol. The Morgan fingerprint density at radius 3 is 2.56 bits per heavy atom. The van der Waals surface area contributed by atoms with Crippen LogP contribution in [0.4, 0.5) is 0 Å². The van der Waals surface area contributed by atoms with Crippen molar-refractivity contribution in [2.45, 2.75) is 45.6 Å². The summed E-state index contributed by atoms with van der Waals surface area (Å²) in [6.45, 7) is 8.29. The van der Waals surface area contributed by atoms with Gasteiger partial charge in [0.25, 0.3) is 0 Å². The summed E-state index contributed by atoms with van der Waals surface area (Å²) in [4.78, 5) is 16.5. The van der Waals surface area contributed by atoms with E-state index in [1.165, 1.54) is 13.0 Å². The Kier molecular flexibility index (Phi) is 6.65. The van der Waals surface area contributed by atoms with E-state index in [2.05, 4.69) is 11.8 Å². The van der Waals surface area contributed by atoms with Crippen LogP contribution in [0.2, 0.25) is 0 Å². The number of piperidine rings is 1. The second-order valence-corrected chi connectivity index (χ2v) is 5.62. The lowest BCUT2D eigenvalue weighted by molar-refractivity contribution is -0.133. The molecule has 1 amide bonds. The van der Waals surface area contributed by atoms with Crippen LogP contribution in [0, 0.1) is 5.92 Å². The highest BCUT2D eigenvalue weighted by Gasteiger charge is 2.25. The molecule has 1 rings (SSSR count).